The predicted octanol–water partition coefficient (Wildman–Crippen LogP) is 3.24. The maximum atomic E-state index is 12.4. The van der Waals surface area contributed by atoms with E-state index in [-0.39, 0.29) is 18.5 Å². The van der Waals surface area contributed by atoms with Crippen LogP contribution < -0.4 is 5.32 Å². The number of hydrogen-bond donors (Lipinski definition) is 1. The minimum atomic E-state index is -0.656. The SMILES string of the molecule is C[C@@H](c1nc2ccccc2s1)N(C)CC(=O)NC1(C#N)CCCC1. The van der Waals surface area contributed by atoms with Gasteiger partial charge in [0.15, 0.2) is 0 Å². The third-order valence-electron chi connectivity index (χ3n) is 4.77. The summed E-state index contributed by atoms with van der Waals surface area (Å²) >= 11 is 1.66. The average molecular weight is 342 g/mol. The van der Waals surface area contributed by atoms with Crippen molar-refractivity contribution in [2.45, 2.75) is 44.2 Å². The van der Waals surface area contributed by atoms with Crippen LogP contribution >= 0.6 is 11.3 Å². The van der Waals surface area contributed by atoms with E-state index in [0.29, 0.717) is 0 Å². The quantitative estimate of drug-likeness (QED) is 0.905. The zero-order valence-electron chi connectivity index (χ0n) is 14.1. The number of fused-ring (bicyclic) bond motifs is 1. The summed E-state index contributed by atoms with van der Waals surface area (Å²) in [5.41, 5.74) is 0.341. The van der Waals surface area contributed by atoms with Crippen molar-refractivity contribution in [3.05, 3.63) is 29.3 Å². The largest absolute Gasteiger partial charge is 0.337 e. The highest BCUT2D eigenvalue weighted by Gasteiger charge is 2.35. The van der Waals surface area contributed by atoms with Crippen LogP contribution in [0.4, 0.5) is 0 Å². The van der Waals surface area contributed by atoms with Crippen molar-refractivity contribution in [1.82, 2.24) is 15.2 Å². The number of rotatable bonds is 5. The van der Waals surface area contributed by atoms with E-state index in [2.05, 4.69) is 29.4 Å². The zero-order chi connectivity index (χ0) is 17.2. The first kappa shape index (κ1) is 16.9. The molecule has 0 unspecified atom stereocenters. The summed E-state index contributed by atoms with van der Waals surface area (Å²) in [6.45, 7) is 2.32. The maximum absolute atomic E-state index is 12.4. The molecule has 1 aromatic carbocycles. The zero-order valence-corrected chi connectivity index (χ0v) is 14.9. The van der Waals surface area contributed by atoms with Crippen molar-refractivity contribution in [1.29, 1.82) is 5.26 Å². The van der Waals surface area contributed by atoms with Gasteiger partial charge in [-0.15, -0.1) is 11.3 Å². The molecule has 5 nitrogen and oxygen atoms in total. The Hall–Kier alpha value is -1.97. The molecule has 0 saturated heterocycles. The second-order valence-corrected chi connectivity index (χ2v) is 7.62. The van der Waals surface area contributed by atoms with Gasteiger partial charge in [-0.1, -0.05) is 12.1 Å². The number of carbonyl (C=O) groups is 1. The highest BCUT2D eigenvalue weighted by Crippen LogP contribution is 2.30. The number of carbonyl (C=O) groups excluding carboxylic acids is 1. The van der Waals surface area contributed by atoms with E-state index < -0.39 is 5.54 Å². The second-order valence-electron chi connectivity index (χ2n) is 6.56. The Labute approximate surface area is 146 Å². The van der Waals surface area contributed by atoms with Gasteiger partial charge < -0.3 is 5.32 Å². The number of hydrogen-bond acceptors (Lipinski definition) is 5. The fourth-order valence-electron chi connectivity index (χ4n) is 3.17. The number of para-hydroxylation sites is 1. The van der Waals surface area contributed by atoms with Gasteiger partial charge in [-0.05, 0) is 51.8 Å². The molecule has 3 rings (SSSR count). The van der Waals surface area contributed by atoms with Gasteiger partial charge in [0.2, 0.25) is 5.91 Å². The van der Waals surface area contributed by atoms with Gasteiger partial charge in [0, 0.05) is 0 Å². The Morgan fingerprint density at radius 3 is 2.83 bits per heavy atom. The summed E-state index contributed by atoms with van der Waals surface area (Å²) in [6.07, 6.45) is 3.52. The van der Waals surface area contributed by atoms with E-state index in [1.807, 2.05) is 30.1 Å². The molecule has 1 aliphatic carbocycles. The summed E-state index contributed by atoms with van der Waals surface area (Å²) in [7, 11) is 1.92. The van der Waals surface area contributed by atoms with Gasteiger partial charge in [0.1, 0.15) is 10.5 Å². The smallest absolute Gasteiger partial charge is 0.235 e. The number of thiazole rings is 1. The van der Waals surface area contributed by atoms with Crippen LogP contribution in [0.25, 0.3) is 10.2 Å². The molecular weight excluding hydrogens is 320 g/mol. The van der Waals surface area contributed by atoms with Crippen molar-refractivity contribution in [3.63, 3.8) is 0 Å². The van der Waals surface area contributed by atoms with Crippen molar-refractivity contribution in [3.8, 4) is 6.07 Å². The Balaban J connectivity index is 1.64. The van der Waals surface area contributed by atoms with Gasteiger partial charge in [-0.2, -0.15) is 5.26 Å². The molecule has 1 atom stereocenters. The van der Waals surface area contributed by atoms with E-state index in [0.717, 1.165) is 40.9 Å². The van der Waals surface area contributed by atoms with Crippen LogP contribution in [0.2, 0.25) is 0 Å². The molecule has 0 bridgehead atoms. The minimum Gasteiger partial charge on any atom is -0.337 e. The molecule has 0 aliphatic heterocycles. The number of nitrogens with one attached hydrogen (secondary N) is 1. The highest BCUT2D eigenvalue weighted by molar-refractivity contribution is 7.18. The summed E-state index contributed by atoms with van der Waals surface area (Å²) in [5.74, 6) is -0.0890. The van der Waals surface area contributed by atoms with Crippen LogP contribution in [0.15, 0.2) is 24.3 Å². The average Bonchev–Trinajstić information content (AvgIpc) is 3.20. The first-order valence-electron chi connectivity index (χ1n) is 8.31. The Morgan fingerprint density at radius 2 is 2.17 bits per heavy atom. The maximum Gasteiger partial charge on any atom is 0.235 e. The number of amides is 1. The molecule has 1 aliphatic rings. The fraction of sp³-hybridized carbons (Fsp3) is 0.500. The summed E-state index contributed by atoms with van der Waals surface area (Å²) in [6, 6.07) is 10.4. The van der Waals surface area contributed by atoms with Crippen LogP contribution in [0.5, 0.6) is 0 Å². The molecule has 1 fully saturated rings. The van der Waals surface area contributed by atoms with Crippen LogP contribution in [0.3, 0.4) is 0 Å². The summed E-state index contributed by atoms with van der Waals surface area (Å²) < 4.78 is 1.16. The van der Waals surface area contributed by atoms with Crippen molar-refractivity contribution >= 4 is 27.5 Å². The molecule has 1 amide bonds. The Kier molecular flexibility index (Phi) is 4.83. The predicted molar refractivity (Wildman–Crippen MR) is 95.6 cm³/mol. The van der Waals surface area contributed by atoms with Crippen LogP contribution in [-0.4, -0.2) is 34.9 Å². The normalized spacial score (nSPS) is 17.8. The van der Waals surface area contributed by atoms with E-state index in [9.17, 15) is 10.1 Å². The standard InChI is InChI=1S/C18H22N4OS/c1-13(17-20-14-7-3-4-8-15(14)24-17)22(2)11-16(23)21-18(12-19)9-5-6-10-18/h3-4,7-8,13H,5-6,9-11H2,1-2H3,(H,21,23)/t13-/m0/s1. The lowest BCUT2D eigenvalue weighted by Gasteiger charge is -2.26. The fourth-order valence-corrected chi connectivity index (χ4v) is 4.26. The monoisotopic (exact) mass is 342 g/mol. The van der Waals surface area contributed by atoms with Gasteiger partial charge in [0.25, 0.3) is 0 Å². The lowest BCUT2D eigenvalue weighted by Crippen LogP contribution is -2.48. The topological polar surface area (TPSA) is 69.0 Å². The van der Waals surface area contributed by atoms with Crippen LogP contribution in [0, 0.1) is 11.3 Å². The van der Waals surface area contributed by atoms with Gasteiger partial charge in [0.05, 0.1) is 28.9 Å². The number of nitrogens with zero attached hydrogens (tertiary/aromatic N) is 3. The summed E-state index contributed by atoms with van der Waals surface area (Å²) in [5, 5.41) is 13.3. The van der Waals surface area contributed by atoms with E-state index in [4.69, 9.17) is 0 Å². The van der Waals surface area contributed by atoms with Crippen LogP contribution in [0.1, 0.15) is 43.7 Å². The molecule has 1 aromatic heterocycles. The molecular formula is C18H22N4OS. The van der Waals surface area contributed by atoms with Crippen molar-refractivity contribution in [2.75, 3.05) is 13.6 Å². The second kappa shape index (κ2) is 6.88. The van der Waals surface area contributed by atoms with E-state index >= 15 is 0 Å². The molecule has 1 N–H and O–H groups in total. The lowest BCUT2D eigenvalue weighted by atomic mass is 10.00. The minimum absolute atomic E-state index is 0.0507. The molecule has 126 valence electrons. The molecule has 0 radical (unpaired) electrons. The number of likely N-dealkylation sites (N-methyl/N-ethyl adjacent to an activating group) is 1. The first-order valence-corrected chi connectivity index (χ1v) is 9.13. The molecule has 1 heterocycles. The van der Waals surface area contributed by atoms with E-state index in [1.54, 1.807) is 11.3 Å². The Morgan fingerprint density at radius 1 is 1.46 bits per heavy atom. The number of nitriles is 1. The lowest BCUT2D eigenvalue weighted by molar-refractivity contribution is -0.123. The van der Waals surface area contributed by atoms with Crippen molar-refractivity contribution < 1.29 is 4.79 Å². The third kappa shape index (κ3) is 3.42. The third-order valence-corrected chi connectivity index (χ3v) is 5.98. The van der Waals surface area contributed by atoms with Gasteiger partial charge in [-0.25, -0.2) is 4.98 Å². The first-order chi connectivity index (χ1) is 11.5. The molecule has 2 aromatic rings. The van der Waals surface area contributed by atoms with Crippen LogP contribution in [-0.2, 0) is 4.79 Å². The molecule has 24 heavy (non-hydrogen) atoms. The Bertz CT molecular complexity index is 740. The van der Waals surface area contributed by atoms with E-state index in [1.165, 1.54) is 0 Å². The molecule has 1 saturated carbocycles. The van der Waals surface area contributed by atoms with Gasteiger partial charge >= 0.3 is 0 Å². The van der Waals surface area contributed by atoms with Gasteiger partial charge in [-0.3, -0.25) is 9.69 Å². The highest BCUT2D eigenvalue weighted by atomic mass is 32.1. The number of aromatic nitrogens is 1. The number of benzene rings is 1. The molecule has 6 heteroatoms. The summed E-state index contributed by atoms with van der Waals surface area (Å²) in [4.78, 5) is 19.0. The van der Waals surface area contributed by atoms with Crippen molar-refractivity contribution in [2.24, 2.45) is 0 Å². The molecule has 0 spiro atoms.